The average Bonchev–Trinajstić information content (AvgIpc) is 2.40. The molecule has 1 heterocycles. The van der Waals surface area contributed by atoms with Crippen molar-refractivity contribution in [1.29, 1.82) is 0 Å². The Balaban J connectivity index is 2.17. The van der Waals surface area contributed by atoms with E-state index in [0.29, 0.717) is 10.7 Å². The van der Waals surface area contributed by atoms with Gasteiger partial charge in [0.2, 0.25) is 0 Å². The molecule has 5 heteroatoms. The molecule has 0 amide bonds. The largest absolute Gasteiger partial charge is 0.388 e. The molecule has 0 aliphatic carbocycles. The number of hydrogen-bond donors (Lipinski definition) is 2. The number of nitrogens with zero attached hydrogens (tertiary/aromatic N) is 1. The van der Waals surface area contributed by atoms with Crippen molar-refractivity contribution in [3.05, 3.63) is 48.3 Å². The summed E-state index contributed by atoms with van der Waals surface area (Å²) >= 11 is 6.62. The molecule has 2 aromatic rings. The number of nitrogens with two attached hydrogens (primary N) is 1. The summed E-state index contributed by atoms with van der Waals surface area (Å²) < 4.78 is 0. The minimum absolute atomic E-state index is 0.302. The molecule has 0 saturated carbocycles. The first-order chi connectivity index (χ1) is 8.69. The number of hydrogen-bond acceptors (Lipinski definition) is 4. The van der Waals surface area contributed by atoms with Crippen LogP contribution in [0.5, 0.6) is 0 Å². The zero-order valence-electron chi connectivity index (χ0n) is 9.88. The van der Waals surface area contributed by atoms with Crippen LogP contribution in [0.15, 0.2) is 47.5 Å². The molecule has 0 aliphatic heterocycles. The molecule has 0 spiro atoms. The van der Waals surface area contributed by atoms with Gasteiger partial charge >= 0.3 is 0 Å². The second-order valence-electron chi connectivity index (χ2n) is 3.65. The molecule has 3 nitrogen and oxygen atoms in total. The lowest BCUT2D eigenvalue weighted by molar-refractivity contribution is 1.29. The highest BCUT2D eigenvalue weighted by molar-refractivity contribution is 7.98. The maximum absolute atomic E-state index is 5.55. The van der Waals surface area contributed by atoms with E-state index in [1.807, 2.05) is 24.3 Å². The zero-order chi connectivity index (χ0) is 13.0. The summed E-state index contributed by atoms with van der Waals surface area (Å²) in [5.74, 6) is 0. The number of aromatic nitrogens is 1. The summed E-state index contributed by atoms with van der Waals surface area (Å²) in [4.78, 5) is 5.64. The predicted octanol–water partition coefficient (Wildman–Crippen LogP) is 3.18. The fraction of sp³-hybridized carbons (Fsp3) is 0.0769. The summed E-state index contributed by atoms with van der Waals surface area (Å²) in [6.45, 7) is 0. The Hall–Kier alpha value is -1.59. The van der Waals surface area contributed by atoms with Crippen LogP contribution >= 0.6 is 24.0 Å². The molecular formula is C13H13N3S2. The molecule has 0 aliphatic rings. The highest BCUT2D eigenvalue weighted by Gasteiger charge is 2.00. The van der Waals surface area contributed by atoms with Gasteiger partial charge in [0, 0.05) is 22.5 Å². The van der Waals surface area contributed by atoms with E-state index in [1.54, 1.807) is 18.0 Å². The quantitative estimate of drug-likeness (QED) is 0.663. The second kappa shape index (κ2) is 5.84. The van der Waals surface area contributed by atoms with Crippen molar-refractivity contribution in [3.8, 4) is 0 Å². The third kappa shape index (κ3) is 3.21. The molecule has 0 radical (unpaired) electrons. The van der Waals surface area contributed by atoms with Crippen molar-refractivity contribution in [3.63, 3.8) is 0 Å². The number of nitrogens with one attached hydrogen (secondary N) is 1. The van der Waals surface area contributed by atoms with E-state index in [4.69, 9.17) is 18.0 Å². The second-order valence-corrected chi connectivity index (χ2v) is 4.97. The Kier molecular flexibility index (Phi) is 4.17. The fourth-order valence-corrected chi connectivity index (χ4v) is 2.00. The molecule has 18 heavy (non-hydrogen) atoms. The number of rotatable bonds is 4. The number of benzene rings is 1. The summed E-state index contributed by atoms with van der Waals surface area (Å²) in [5, 5.41) is 3.29. The lowest BCUT2D eigenvalue weighted by atomic mass is 10.2. The molecule has 3 N–H and O–H groups in total. The molecular weight excluding hydrogens is 262 g/mol. The Bertz CT molecular complexity index is 552. The van der Waals surface area contributed by atoms with E-state index in [-0.39, 0.29) is 0 Å². The van der Waals surface area contributed by atoms with Gasteiger partial charge in [-0.25, -0.2) is 0 Å². The normalized spacial score (nSPS) is 10.1. The van der Waals surface area contributed by atoms with Crippen molar-refractivity contribution in [2.75, 3.05) is 11.6 Å². The van der Waals surface area contributed by atoms with Crippen molar-refractivity contribution in [2.24, 2.45) is 5.73 Å². The van der Waals surface area contributed by atoms with Gasteiger partial charge in [0.15, 0.2) is 0 Å². The lowest BCUT2D eigenvalue weighted by Gasteiger charge is -2.08. The van der Waals surface area contributed by atoms with E-state index in [0.717, 1.165) is 11.4 Å². The van der Waals surface area contributed by atoms with E-state index in [2.05, 4.69) is 28.7 Å². The van der Waals surface area contributed by atoms with Crippen molar-refractivity contribution in [1.82, 2.24) is 4.98 Å². The molecule has 0 atom stereocenters. The van der Waals surface area contributed by atoms with Crippen LogP contribution in [0, 0.1) is 0 Å². The van der Waals surface area contributed by atoms with Crippen LogP contribution < -0.4 is 11.1 Å². The Morgan fingerprint density at radius 3 is 2.56 bits per heavy atom. The van der Waals surface area contributed by atoms with Gasteiger partial charge in [0.05, 0.1) is 5.69 Å². The molecule has 0 bridgehead atoms. The topological polar surface area (TPSA) is 50.9 Å². The van der Waals surface area contributed by atoms with E-state index >= 15 is 0 Å². The third-order valence-corrected chi connectivity index (χ3v) is 3.34. The van der Waals surface area contributed by atoms with Crippen molar-refractivity contribution in [2.45, 2.75) is 4.90 Å². The van der Waals surface area contributed by atoms with Crippen LogP contribution in [-0.2, 0) is 0 Å². The molecule has 0 saturated heterocycles. The van der Waals surface area contributed by atoms with Gasteiger partial charge in [-0.3, -0.25) is 4.98 Å². The Morgan fingerprint density at radius 2 is 1.94 bits per heavy atom. The zero-order valence-corrected chi connectivity index (χ0v) is 11.5. The summed E-state index contributed by atoms with van der Waals surface area (Å²) in [7, 11) is 0. The maximum Gasteiger partial charge on any atom is 0.122 e. The molecule has 92 valence electrons. The molecule has 1 aromatic carbocycles. The standard InChI is InChI=1S/C13H13N3S2/c1-18-11-4-2-9(3-5-11)16-10-6-7-15-12(8-10)13(14)17/h2-8H,1H3,(H2,14,17)(H,15,16). The van der Waals surface area contributed by atoms with Gasteiger partial charge in [-0.15, -0.1) is 11.8 Å². The smallest absolute Gasteiger partial charge is 0.122 e. The van der Waals surface area contributed by atoms with Gasteiger partial charge in [-0.2, -0.15) is 0 Å². The van der Waals surface area contributed by atoms with Crippen LogP contribution in [0.3, 0.4) is 0 Å². The minimum Gasteiger partial charge on any atom is -0.388 e. The van der Waals surface area contributed by atoms with Crippen molar-refractivity contribution >= 4 is 40.3 Å². The molecule has 0 fully saturated rings. The third-order valence-electron chi connectivity index (χ3n) is 2.39. The lowest BCUT2D eigenvalue weighted by Crippen LogP contribution is -2.11. The monoisotopic (exact) mass is 275 g/mol. The summed E-state index contributed by atoms with van der Waals surface area (Å²) in [6, 6.07) is 11.9. The van der Waals surface area contributed by atoms with Crippen LogP contribution in [0.1, 0.15) is 5.69 Å². The number of pyridine rings is 1. The Morgan fingerprint density at radius 1 is 1.22 bits per heavy atom. The van der Waals surface area contributed by atoms with E-state index in [1.165, 1.54) is 4.90 Å². The minimum atomic E-state index is 0.302. The summed E-state index contributed by atoms with van der Waals surface area (Å²) in [5.41, 5.74) is 8.12. The molecule has 0 unspecified atom stereocenters. The maximum atomic E-state index is 5.55. The fourth-order valence-electron chi connectivity index (χ4n) is 1.48. The van der Waals surface area contributed by atoms with Gasteiger partial charge in [0.1, 0.15) is 4.99 Å². The summed E-state index contributed by atoms with van der Waals surface area (Å²) in [6.07, 6.45) is 3.74. The van der Waals surface area contributed by atoms with Gasteiger partial charge in [0.25, 0.3) is 0 Å². The number of thioether (sulfide) groups is 1. The van der Waals surface area contributed by atoms with Crippen LogP contribution in [0.25, 0.3) is 0 Å². The first-order valence-electron chi connectivity index (χ1n) is 5.36. The van der Waals surface area contributed by atoms with Crippen LogP contribution in [0.4, 0.5) is 11.4 Å². The number of anilines is 2. The van der Waals surface area contributed by atoms with Gasteiger partial charge in [-0.1, -0.05) is 12.2 Å². The number of thiocarbonyl (C=S) groups is 1. The molecule has 2 rings (SSSR count). The SMILES string of the molecule is CSc1ccc(Nc2ccnc(C(N)=S)c2)cc1. The highest BCUT2D eigenvalue weighted by atomic mass is 32.2. The van der Waals surface area contributed by atoms with E-state index in [9.17, 15) is 0 Å². The first-order valence-corrected chi connectivity index (χ1v) is 6.99. The Labute approximate surface area is 116 Å². The first kappa shape index (κ1) is 12.9. The van der Waals surface area contributed by atoms with Gasteiger partial charge in [-0.05, 0) is 42.7 Å². The van der Waals surface area contributed by atoms with Gasteiger partial charge < -0.3 is 11.1 Å². The van der Waals surface area contributed by atoms with Crippen molar-refractivity contribution < 1.29 is 0 Å². The predicted molar refractivity (Wildman–Crippen MR) is 81.6 cm³/mol. The molecule has 1 aromatic heterocycles. The van der Waals surface area contributed by atoms with E-state index < -0.39 is 0 Å². The highest BCUT2D eigenvalue weighted by Crippen LogP contribution is 2.20. The van der Waals surface area contributed by atoms with Crippen LogP contribution in [0.2, 0.25) is 0 Å². The average molecular weight is 275 g/mol. The van der Waals surface area contributed by atoms with Crippen LogP contribution in [-0.4, -0.2) is 16.2 Å².